The van der Waals surface area contributed by atoms with Gasteiger partial charge in [-0.1, -0.05) is 6.42 Å². The van der Waals surface area contributed by atoms with Gasteiger partial charge in [0.1, 0.15) is 0 Å². The second-order valence-corrected chi connectivity index (χ2v) is 6.53. The minimum absolute atomic E-state index is 0.0423. The number of rotatable bonds is 10. The maximum atomic E-state index is 12.3. The molecule has 2 N–H and O–H groups in total. The maximum absolute atomic E-state index is 12.3. The van der Waals surface area contributed by atoms with Crippen LogP contribution in [0.15, 0.2) is 0 Å². The molecular formula is C12H27N3O4S. The molecule has 0 saturated carbocycles. The highest BCUT2D eigenvalue weighted by molar-refractivity contribution is 7.87. The van der Waals surface area contributed by atoms with Crippen LogP contribution in [0.5, 0.6) is 0 Å². The minimum atomic E-state index is -3.42. The zero-order valence-electron chi connectivity index (χ0n) is 12.4. The number of hydrogen-bond acceptors (Lipinski definition) is 5. The molecule has 7 nitrogen and oxygen atoms in total. The number of hydrogen-bond donors (Lipinski definition) is 2. The van der Waals surface area contributed by atoms with Crippen LogP contribution in [0.1, 0.15) is 19.3 Å². The number of piperidine rings is 1. The average molecular weight is 309 g/mol. The number of nitrogens with zero attached hydrogens (tertiary/aromatic N) is 1. The Balaban J connectivity index is 2.37. The van der Waals surface area contributed by atoms with E-state index in [9.17, 15) is 8.42 Å². The molecule has 0 aliphatic carbocycles. The van der Waals surface area contributed by atoms with E-state index in [2.05, 4.69) is 10.0 Å². The summed E-state index contributed by atoms with van der Waals surface area (Å²) in [6.07, 6.45) is 2.91. The van der Waals surface area contributed by atoms with Crippen LogP contribution in [-0.2, 0) is 19.7 Å². The third-order valence-electron chi connectivity index (χ3n) is 3.28. The van der Waals surface area contributed by atoms with Gasteiger partial charge in [0.15, 0.2) is 0 Å². The minimum Gasteiger partial charge on any atom is -0.382 e. The van der Waals surface area contributed by atoms with Crippen LogP contribution in [0.3, 0.4) is 0 Å². The van der Waals surface area contributed by atoms with Gasteiger partial charge in [-0.15, -0.1) is 0 Å². The first-order chi connectivity index (χ1) is 9.61. The quantitative estimate of drug-likeness (QED) is 0.535. The lowest BCUT2D eigenvalue weighted by molar-refractivity contribution is 0.0734. The van der Waals surface area contributed by atoms with E-state index in [0.29, 0.717) is 32.9 Å². The fraction of sp³-hybridized carbons (Fsp3) is 1.00. The smallest absolute Gasteiger partial charge is 0.279 e. The summed E-state index contributed by atoms with van der Waals surface area (Å²) in [4.78, 5) is 0. The van der Waals surface area contributed by atoms with E-state index in [0.717, 1.165) is 19.3 Å². The third-order valence-corrected chi connectivity index (χ3v) is 4.95. The summed E-state index contributed by atoms with van der Waals surface area (Å²) in [7, 11) is 0.0299. The molecule has 1 heterocycles. The van der Waals surface area contributed by atoms with E-state index in [-0.39, 0.29) is 12.6 Å². The van der Waals surface area contributed by atoms with Crippen molar-refractivity contribution < 1.29 is 17.9 Å². The lowest BCUT2D eigenvalue weighted by atomic mass is 10.1. The molecule has 0 aromatic rings. The highest BCUT2D eigenvalue weighted by Gasteiger charge is 2.31. The summed E-state index contributed by atoms with van der Waals surface area (Å²) in [5, 5.41) is 3.06. The van der Waals surface area contributed by atoms with E-state index < -0.39 is 10.2 Å². The van der Waals surface area contributed by atoms with E-state index in [1.54, 1.807) is 11.4 Å². The Bertz CT molecular complexity index is 349. The maximum Gasteiger partial charge on any atom is 0.279 e. The lowest BCUT2D eigenvalue weighted by Crippen LogP contribution is -2.52. The largest absolute Gasteiger partial charge is 0.382 e. The molecule has 0 bridgehead atoms. The average Bonchev–Trinajstić information content (AvgIpc) is 2.43. The van der Waals surface area contributed by atoms with Crippen molar-refractivity contribution >= 4 is 10.2 Å². The number of likely N-dealkylation sites (N-methyl/N-ethyl adjacent to an activating group) is 1. The molecule has 1 atom stereocenters. The van der Waals surface area contributed by atoms with Crippen molar-refractivity contribution in [2.24, 2.45) is 0 Å². The van der Waals surface area contributed by atoms with E-state index >= 15 is 0 Å². The van der Waals surface area contributed by atoms with Crippen molar-refractivity contribution in [1.29, 1.82) is 0 Å². The molecule has 1 unspecified atom stereocenters. The van der Waals surface area contributed by atoms with Crippen LogP contribution < -0.4 is 10.0 Å². The monoisotopic (exact) mass is 309 g/mol. The van der Waals surface area contributed by atoms with Gasteiger partial charge in [-0.3, -0.25) is 0 Å². The van der Waals surface area contributed by atoms with Crippen molar-refractivity contribution in [2.45, 2.75) is 25.3 Å². The number of ether oxygens (including phenoxy) is 2. The molecule has 0 spiro atoms. The SMILES string of the molecule is CNCC1CCCCN1S(=O)(=O)NCCOCCOC. The Morgan fingerprint density at radius 2 is 2.05 bits per heavy atom. The van der Waals surface area contributed by atoms with Crippen LogP contribution in [0, 0.1) is 0 Å². The van der Waals surface area contributed by atoms with Crippen LogP contribution in [0.2, 0.25) is 0 Å². The fourth-order valence-electron chi connectivity index (χ4n) is 2.30. The predicted molar refractivity (Wildman–Crippen MR) is 77.9 cm³/mol. The zero-order chi connectivity index (χ0) is 14.8. The Labute approximate surface area is 122 Å². The first-order valence-electron chi connectivity index (χ1n) is 7.09. The molecule has 1 aliphatic rings. The Morgan fingerprint density at radius 3 is 2.75 bits per heavy atom. The number of methoxy groups -OCH3 is 1. The second-order valence-electron chi connectivity index (χ2n) is 4.82. The van der Waals surface area contributed by atoms with Crippen molar-refractivity contribution in [2.75, 3.05) is 53.6 Å². The molecule has 8 heteroatoms. The number of nitrogens with one attached hydrogen (secondary N) is 2. The first-order valence-corrected chi connectivity index (χ1v) is 8.53. The molecule has 0 aromatic carbocycles. The third kappa shape index (κ3) is 6.02. The molecule has 0 amide bonds. The van der Waals surface area contributed by atoms with Crippen LogP contribution in [0.4, 0.5) is 0 Å². The second kappa shape index (κ2) is 9.64. The van der Waals surface area contributed by atoms with E-state index in [4.69, 9.17) is 9.47 Å². The molecule has 1 rings (SSSR count). The normalized spacial score (nSPS) is 21.2. The van der Waals surface area contributed by atoms with Crippen LogP contribution >= 0.6 is 0 Å². The predicted octanol–water partition coefficient (Wildman–Crippen LogP) is -0.442. The summed E-state index contributed by atoms with van der Waals surface area (Å²) in [5.74, 6) is 0. The highest BCUT2D eigenvalue weighted by Crippen LogP contribution is 2.19. The Kier molecular flexibility index (Phi) is 8.58. The van der Waals surface area contributed by atoms with Crippen LogP contribution in [0.25, 0.3) is 0 Å². The molecular weight excluding hydrogens is 282 g/mol. The zero-order valence-corrected chi connectivity index (χ0v) is 13.2. The van der Waals surface area contributed by atoms with Gasteiger partial charge in [-0.05, 0) is 19.9 Å². The summed E-state index contributed by atoms with van der Waals surface area (Å²) in [6.45, 7) is 2.91. The highest BCUT2D eigenvalue weighted by atomic mass is 32.2. The summed E-state index contributed by atoms with van der Waals surface area (Å²) < 4.78 is 38.8. The van der Waals surface area contributed by atoms with Gasteiger partial charge in [-0.25, -0.2) is 0 Å². The molecule has 0 radical (unpaired) electrons. The van der Waals surface area contributed by atoms with Gasteiger partial charge in [0.05, 0.1) is 19.8 Å². The van der Waals surface area contributed by atoms with Crippen molar-refractivity contribution in [1.82, 2.24) is 14.3 Å². The van der Waals surface area contributed by atoms with Gasteiger partial charge in [-0.2, -0.15) is 17.4 Å². The van der Waals surface area contributed by atoms with Crippen molar-refractivity contribution in [3.05, 3.63) is 0 Å². The standard InChI is InChI=1S/C12H27N3O4S/c1-13-11-12-5-3-4-7-15(12)20(16,17)14-6-8-19-10-9-18-2/h12-14H,3-11H2,1-2H3. The van der Waals surface area contributed by atoms with Crippen molar-refractivity contribution in [3.8, 4) is 0 Å². The van der Waals surface area contributed by atoms with Crippen molar-refractivity contribution in [3.63, 3.8) is 0 Å². The van der Waals surface area contributed by atoms with Gasteiger partial charge < -0.3 is 14.8 Å². The summed E-state index contributed by atoms with van der Waals surface area (Å²) in [6, 6.07) is 0.0423. The Hall–Kier alpha value is -0.250. The molecule has 1 saturated heterocycles. The van der Waals surface area contributed by atoms with Crippen LogP contribution in [-0.4, -0.2) is 72.4 Å². The van der Waals surface area contributed by atoms with Gasteiger partial charge in [0.2, 0.25) is 0 Å². The molecule has 0 aromatic heterocycles. The molecule has 120 valence electrons. The lowest BCUT2D eigenvalue weighted by Gasteiger charge is -2.34. The topological polar surface area (TPSA) is 79.9 Å². The van der Waals surface area contributed by atoms with Gasteiger partial charge in [0, 0.05) is 32.8 Å². The molecule has 20 heavy (non-hydrogen) atoms. The van der Waals surface area contributed by atoms with Gasteiger partial charge >= 0.3 is 0 Å². The first kappa shape index (κ1) is 17.8. The summed E-state index contributed by atoms with van der Waals surface area (Å²) >= 11 is 0. The fourth-order valence-corrected chi connectivity index (χ4v) is 3.75. The molecule has 1 aliphatic heterocycles. The van der Waals surface area contributed by atoms with E-state index in [1.165, 1.54) is 0 Å². The Morgan fingerprint density at radius 1 is 1.25 bits per heavy atom. The molecule has 1 fully saturated rings. The summed E-state index contributed by atoms with van der Waals surface area (Å²) in [5.41, 5.74) is 0. The van der Waals surface area contributed by atoms with Gasteiger partial charge in [0.25, 0.3) is 10.2 Å². The van der Waals surface area contributed by atoms with E-state index in [1.807, 2.05) is 7.05 Å².